The molecule has 0 spiro atoms. The van der Waals surface area contributed by atoms with Gasteiger partial charge in [0.05, 0.1) is 0 Å². The van der Waals surface area contributed by atoms with Gasteiger partial charge in [-0.05, 0) is 131 Å². The highest BCUT2D eigenvalue weighted by Gasteiger charge is 2.60. The maximum absolute atomic E-state index is 12.8. The van der Waals surface area contributed by atoms with Crippen molar-refractivity contribution in [2.24, 2.45) is 40.4 Å². The lowest BCUT2D eigenvalue weighted by molar-refractivity contribution is -0.117. The molecule has 0 aliphatic heterocycles. The van der Waals surface area contributed by atoms with Gasteiger partial charge in [-0.25, -0.2) is 0 Å². The molecule has 9 atom stereocenters. The Kier molecular flexibility index (Phi) is 6.17. The van der Waals surface area contributed by atoms with Crippen LogP contribution in [0.1, 0.15) is 88.9 Å². The van der Waals surface area contributed by atoms with E-state index in [0.717, 1.165) is 41.6 Å². The molecule has 4 fully saturated rings. The summed E-state index contributed by atoms with van der Waals surface area (Å²) in [4.78, 5) is 15.2. The van der Waals surface area contributed by atoms with Gasteiger partial charge in [0.15, 0.2) is 0 Å². The van der Waals surface area contributed by atoms with Crippen LogP contribution in [-0.4, -0.2) is 37.0 Å². The molecular formula is C30H46N2O. The van der Waals surface area contributed by atoms with Crippen LogP contribution in [0.15, 0.2) is 30.3 Å². The molecule has 0 bridgehead atoms. The molecule has 1 aromatic carbocycles. The van der Waals surface area contributed by atoms with Gasteiger partial charge >= 0.3 is 0 Å². The Bertz CT molecular complexity index is 852. The third kappa shape index (κ3) is 3.87. The first-order chi connectivity index (χ1) is 15.7. The van der Waals surface area contributed by atoms with Crippen molar-refractivity contribution >= 4 is 5.91 Å². The number of hydrogen-bond donors (Lipinski definition) is 1. The number of rotatable bonds is 4. The van der Waals surface area contributed by atoms with Crippen molar-refractivity contribution in [1.29, 1.82) is 0 Å². The number of hydrogen-bond acceptors (Lipinski definition) is 2. The normalized spacial score (nSPS) is 43.3. The van der Waals surface area contributed by atoms with E-state index in [-0.39, 0.29) is 5.91 Å². The number of amides is 1. The summed E-state index contributed by atoms with van der Waals surface area (Å²) in [6, 6.07) is 10.8. The fourth-order valence-electron chi connectivity index (χ4n) is 9.44. The molecule has 0 aromatic heterocycles. The zero-order valence-electron chi connectivity index (χ0n) is 21.6. The van der Waals surface area contributed by atoms with Gasteiger partial charge in [0.25, 0.3) is 5.91 Å². The predicted octanol–water partition coefficient (Wildman–Crippen LogP) is 6.39. The van der Waals surface area contributed by atoms with Gasteiger partial charge in [-0.3, -0.25) is 4.79 Å². The smallest absolute Gasteiger partial charge is 0.251 e. The molecule has 1 aromatic rings. The molecule has 5 rings (SSSR count). The Labute approximate surface area is 202 Å². The van der Waals surface area contributed by atoms with Gasteiger partial charge in [-0.15, -0.1) is 0 Å². The van der Waals surface area contributed by atoms with Crippen LogP contribution in [0.5, 0.6) is 0 Å². The van der Waals surface area contributed by atoms with E-state index in [1.165, 1.54) is 51.4 Å². The van der Waals surface area contributed by atoms with Crippen molar-refractivity contribution in [3.8, 4) is 0 Å². The highest BCUT2D eigenvalue weighted by atomic mass is 16.1. The third-order valence-electron chi connectivity index (χ3n) is 11.5. The minimum Gasteiger partial charge on any atom is -0.349 e. The Morgan fingerprint density at radius 2 is 1.64 bits per heavy atom. The molecule has 4 aliphatic carbocycles. The highest BCUT2D eigenvalue weighted by Crippen LogP contribution is 2.67. The Morgan fingerprint density at radius 3 is 2.36 bits per heavy atom. The van der Waals surface area contributed by atoms with E-state index < -0.39 is 0 Å². The third-order valence-corrected chi connectivity index (χ3v) is 11.5. The van der Waals surface area contributed by atoms with Crippen molar-refractivity contribution in [1.82, 2.24) is 10.2 Å². The maximum Gasteiger partial charge on any atom is 0.251 e. The van der Waals surface area contributed by atoms with E-state index in [2.05, 4.69) is 45.1 Å². The summed E-state index contributed by atoms with van der Waals surface area (Å²) in [6.45, 7) is 7.77. The molecule has 33 heavy (non-hydrogen) atoms. The van der Waals surface area contributed by atoms with Crippen molar-refractivity contribution < 1.29 is 4.79 Å². The van der Waals surface area contributed by atoms with Crippen molar-refractivity contribution in [2.45, 2.75) is 90.6 Å². The van der Waals surface area contributed by atoms with Crippen LogP contribution in [-0.2, 0) is 0 Å². The molecule has 0 saturated heterocycles. The first kappa shape index (κ1) is 23.4. The van der Waals surface area contributed by atoms with E-state index in [1.54, 1.807) is 0 Å². The molecule has 3 heteroatoms. The minimum absolute atomic E-state index is 0.110. The van der Waals surface area contributed by atoms with Crippen LogP contribution in [0.25, 0.3) is 0 Å². The van der Waals surface area contributed by atoms with Crippen LogP contribution in [0.2, 0.25) is 0 Å². The molecule has 0 unspecified atom stereocenters. The van der Waals surface area contributed by atoms with E-state index in [0.29, 0.717) is 22.9 Å². The second-order valence-corrected chi connectivity index (χ2v) is 12.9. The van der Waals surface area contributed by atoms with E-state index in [1.807, 2.05) is 30.3 Å². The number of nitrogens with one attached hydrogen (secondary N) is 1. The standard InChI is InChI=1S/C30H46N2O/c1-20(32(4)5)25-13-14-26-24-12-11-22-19-23(31-28(33)21-9-7-6-8-10-21)15-17-29(22,2)27(24)16-18-30(25,26)3/h6-10,20,22-27H,11-19H2,1-5H3,(H,31,33)/t20-,22+,23-,24-,25+,26-,27-,29-,30+/m0/s1. The van der Waals surface area contributed by atoms with Crippen LogP contribution < -0.4 is 5.32 Å². The zero-order valence-corrected chi connectivity index (χ0v) is 21.6. The lowest BCUT2D eigenvalue weighted by atomic mass is 9.44. The van der Waals surface area contributed by atoms with Crippen LogP contribution in [0.3, 0.4) is 0 Å². The number of nitrogens with zero attached hydrogens (tertiary/aromatic N) is 1. The zero-order chi connectivity index (χ0) is 23.4. The van der Waals surface area contributed by atoms with Gasteiger partial charge in [-0.2, -0.15) is 0 Å². The number of carbonyl (C=O) groups is 1. The quantitative estimate of drug-likeness (QED) is 0.576. The molecule has 4 aliphatic rings. The maximum atomic E-state index is 12.8. The van der Waals surface area contributed by atoms with Crippen LogP contribution >= 0.6 is 0 Å². The lowest BCUT2D eigenvalue weighted by Crippen LogP contribution is -2.56. The second-order valence-electron chi connectivity index (χ2n) is 12.9. The fourth-order valence-corrected chi connectivity index (χ4v) is 9.44. The predicted molar refractivity (Wildman–Crippen MR) is 136 cm³/mol. The summed E-state index contributed by atoms with van der Waals surface area (Å²) in [7, 11) is 4.54. The van der Waals surface area contributed by atoms with Gasteiger partial charge in [0.1, 0.15) is 0 Å². The lowest BCUT2D eigenvalue weighted by Gasteiger charge is -2.61. The molecule has 1 amide bonds. The average molecular weight is 451 g/mol. The first-order valence-corrected chi connectivity index (χ1v) is 13.8. The molecule has 4 saturated carbocycles. The summed E-state index contributed by atoms with van der Waals surface area (Å²) in [5.74, 6) is 4.49. The fraction of sp³-hybridized carbons (Fsp3) is 0.767. The average Bonchev–Trinajstić information content (AvgIpc) is 3.16. The Morgan fingerprint density at radius 1 is 0.939 bits per heavy atom. The summed E-state index contributed by atoms with van der Waals surface area (Å²) in [6.07, 6.45) is 12.2. The SMILES string of the molecule is C[C@@H]([C@H]1CC[C@H]2[C@@H]3CC[C@@H]4C[C@@H](NC(=O)c5ccccc5)CC[C@]4(C)[C@H]3CC[C@]12C)N(C)C. The second kappa shape index (κ2) is 8.70. The van der Waals surface area contributed by atoms with Crippen molar-refractivity contribution in [2.75, 3.05) is 14.1 Å². The topological polar surface area (TPSA) is 32.3 Å². The summed E-state index contributed by atoms with van der Waals surface area (Å²) in [5.41, 5.74) is 1.81. The molecule has 182 valence electrons. The molecule has 1 N–H and O–H groups in total. The van der Waals surface area contributed by atoms with Crippen LogP contribution in [0, 0.1) is 40.4 Å². The van der Waals surface area contributed by atoms with E-state index >= 15 is 0 Å². The van der Waals surface area contributed by atoms with Gasteiger partial charge in [-0.1, -0.05) is 32.0 Å². The first-order valence-electron chi connectivity index (χ1n) is 13.8. The van der Waals surface area contributed by atoms with Gasteiger partial charge in [0.2, 0.25) is 0 Å². The molecule has 0 heterocycles. The highest BCUT2D eigenvalue weighted by molar-refractivity contribution is 5.94. The van der Waals surface area contributed by atoms with Gasteiger partial charge in [0, 0.05) is 17.6 Å². The Balaban J connectivity index is 1.27. The van der Waals surface area contributed by atoms with E-state index in [9.17, 15) is 4.79 Å². The van der Waals surface area contributed by atoms with Crippen molar-refractivity contribution in [3.05, 3.63) is 35.9 Å². The minimum atomic E-state index is 0.110. The number of carbonyl (C=O) groups excluding carboxylic acids is 1. The molecular weight excluding hydrogens is 404 g/mol. The molecule has 3 nitrogen and oxygen atoms in total. The van der Waals surface area contributed by atoms with E-state index in [4.69, 9.17) is 0 Å². The van der Waals surface area contributed by atoms with Crippen LogP contribution in [0.4, 0.5) is 0 Å². The van der Waals surface area contributed by atoms with Crippen molar-refractivity contribution in [3.63, 3.8) is 0 Å². The number of fused-ring (bicyclic) bond motifs is 5. The monoisotopic (exact) mass is 450 g/mol. The summed E-state index contributed by atoms with van der Waals surface area (Å²) >= 11 is 0. The summed E-state index contributed by atoms with van der Waals surface area (Å²) in [5, 5.41) is 3.39. The Hall–Kier alpha value is -1.35. The van der Waals surface area contributed by atoms with Gasteiger partial charge < -0.3 is 10.2 Å². The summed E-state index contributed by atoms with van der Waals surface area (Å²) < 4.78 is 0. The number of benzene rings is 1. The molecule has 0 radical (unpaired) electrons. The largest absolute Gasteiger partial charge is 0.349 e.